The number of anilines is 1. The van der Waals surface area contributed by atoms with Crippen LogP contribution in [0.2, 0.25) is 0 Å². The Kier molecular flexibility index (Phi) is 7.23. The van der Waals surface area contributed by atoms with E-state index in [1.54, 1.807) is 11.4 Å². The molecule has 1 aliphatic rings. The Morgan fingerprint density at radius 1 is 1.18 bits per heavy atom. The van der Waals surface area contributed by atoms with E-state index in [1.165, 1.54) is 41.7 Å². The first kappa shape index (κ1) is 20.6. The average Bonchev–Trinajstić information content (AvgIpc) is 3.15. The Labute approximate surface area is 170 Å². The van der Waals surface area contributed by atoms with Gasteiger partial charge in [-0.25, -0.2) is 0 Å². The summed E-state index contributed by atoms with van der Waals surface area (Å²) in [5, 5.41) is 5.12. The van der Waals surface area contributed by atoms with E-state index in [-0.39, 0.29) is 5.91 Å². The lowest BCUT2D eigenvalue weighted by atomic mass is 9.90. The number of likely N-dealkylation sites (tertiary alicyclic amines) is 1. The highest BCUT2D eigenvalue weighted by Gasteiger charge is 2.20. The van der Waals surface area contributed by atoms with Crippen molar-refractivity contribution >= 4 is 28.2 Å². The molecule has 0 saturated carbocycles. The number of carbonyl (C=O) groups is 2. The SMILES string of the molecule is Cc1ccc(CCC2CCN(CCC(=O)Nc3sccc3C(N)=O)CC2)cc1. The zero-order chi connectivity index (χ0) is 19.9. The first-order valence-electron chi connectivity index (χ1n) is 9.96. The van der Waals surface area contributed by atoms with Gasteiger partial charge in [0.15, 0.2) is 0 Å². The van der Waals surface area contributed by atoms with Gasteiger partial charge in [0.05, 0.1) is 5.56 Å². The van der Waals surface area contributed by atoms with Crippen LogP contribution in [0, 0.1) is 12.8 Å². The van der Waals surface area contributed by atoms with Gasteiger partial charge in [-0.1, -0.05) is 29.8 Å². The van der Waals surface area contributed by atoms with Gasteiger partial charge in [0.25, 0.3) is 5.91 Å². The van der Waals surface area contributed by atoms with Gasteiger partial charge in [-0.2, -0.15) is 0 Å². The minimum atomic E-state index is -0.510. The first-order chi connectivity index (χ1) is 13.5. The third kappa shape index (κ3) is 5.91. The van der Waals surface area contributed by atoms with Crippen molar-refractivity contribution in [1.29, 1.82) is 0 Å². The lowest BCUT2D eigenvalue weighted by Crippen LogP contribution is -2.36. The van der Waals surface area contributed by atoms with Crippen LogP contribution in [0.25, 0.3) is 0 Å². The molecule has 0 spiro atoms. The molecule has 6 heteroatoms. The maximum Gasteiger partial charge on any atom is 0.251 e. The molecule has 3 rings (SSSR count). The summed E-state index contributed by atoms with van der Waals surface area (Å²) in [4.78, 5) is 25.9. The molecule has 0 atom stereocenters. The molecule has 2 heterocycles. The summed E-state index contributed by atoms with van der Waals surface area (Å²) in [5.41, 5.74) is 8.43. The zero-order valence-electron chi connectivity index (χ0n) is 16.4. The fraction of sp³-hybridized carbons (Fsp3) is 0.455. The summed E-state index contributed by atoms with van der Waals surface area (Å²) in [6, 6.07) is 10.5. The maximum atomic E-state index is 12.2. The monoisotopic (exact) mass is 399 g/mol. The van der Waals surface area contributed by atoms with Crippen molar-refractivity contribution in [2.24, 2.45) is 11.7 Å². The van der Waals surface area contributed by atoms with Crippen LogP contribution < -0.4 is 11.1 Å². The molecular formula is C22H29N3O2S. The fourth-order valence-corrected chi connectivity index (χ4v) is 4.48. The fourth-order valence-electron chi connectivity index (χ4n) is 3.67. The molecule has 2 amide bonds. The number of benzene rings is 1. The number of hydrogen-bond donors (Lipinski definition) is 2. The van der Waals surface area contributed by atoms with E-state index >= 15 is 0 Å². The Hall–Kier alpha value is -2.18. The Morgan fingerprint density at radius 2 is 1.89 bits per heavy atom. The van der Waals surface area contributed by atoms with E-state index in [9.17, 15) is 9.59 Å². The second-order valence-electron chi connectivity index (χ2n) is 7.64. The molecule has 3 N–H and O–H groups in total. The van der Waals surface area contributed by atoms with Crippen LogP contribution in [-0.4, -0.2) is 36.3 Å². The summed E-state index contributed by atoms with van der Waals surface area (Å²) in [5.74, 6) is 0.200. The third-order valence-corrected chi connectivity index (χ3v) is 6.34. The van der Waals surface area contributed by atoms with Crippen LogP contribution in [-0.2, 0) is 11.2 Å². The minimum absolute atomic E-state index is 0.0635. The van der Waals surface area contributed by atoms with E-state index in [1.807, 2.05) is 0 Å². The predicted molar refractivity (Wildman–Crippen MR) is 115 cm³/mol. The summed E-state index contributed by atoms with van der Waals surface area (Å²) < 4.78 is 0. The van der Waals surface area contributed by atoms with Gasteiger partial charge in [-0.15, -0.1) is 11.3 Å². The van der Waals surface area contributed by atoms with Gasteiger partial charge >= 0.3 is 0 Å². The number of carbonyl (C=O) groups excluding carboxylic acids is 2. The number of hydrogen-bond acceptors (Lipinski definition) is 4. The third-order valence-electron chi connectivity index (χ3n) is 5.51. The number of nitrogens with two attached hydrogens (primary N) is 1. The zero-order valence-corrected chi connectivity index (χ0v) is 17.3. The number of thiophene rings is 1. The van der Waals surface area contributed by atoms with Gasteiger partial charge in [-0.3, -0.25) is 9.59 Å². The van der Waals surface area contributed by atoms with Crippen LogP contribution in [0.4, 0.5) is 5.00 Å². The molecule has 2 aromatic rings. The largest absolute Gasteiger partial charge is 0.366 e. The van der Waals surface area contributed by atoms with Crippen LogP contribution in [0.15, 0.2) is 35.7 Å². The smallest absolute Gasteiger partial charge is 0.251 e. The molecule has 0 bridgehead atoms. The standard InChI is InChI=1S/C22H29N3O2S/c1-16-2-4-17(5-3-16)6-7-18-8-12-25(13-9-18)14-10-20(26)24-22-19(21(23)27)11-15-28-22/h2-5,11,15,18H,6-10,12-14H2,1H3,(H2,23,27)(H,24,26). The average molecular weight is 400 g/mol. The highest BCUT2D eigenvalue weighted by Crippen LogP contribution is 2.24. The van der Waals surface area contributed by atoms with Crippen molar-refractivity contribution in [2.75, 3.05) is 25.0 Å². The quantitative estimate of drug-likeness (QED) is 0.708. The van der Waals surface area contributed by atoms with E-state index in [0.717, 1.165) is 32.0 Å². The van der Waals surface area contributed by atoms with Crippen molar-refractivity contribution < 1.29 is 9.59 Å². The predicted octanol–water partition coefficient (Wildman–Crippen LogP) is 3.83. The van der Waals surface area contributed by atoms with Crippen LogP contribution in [0.1, 0.15) is 47.2 Å². The second kappa shape index (κ2) is 9.85. The summed E-state index contributed by atoms with van der Waals surface area (Å²) >= 11 is 1.33. The summed E-state index contributed by atoms with van der Waals surface area (Å²) in [6.45, 7) is 4.99. The topological polar surface area (TPSA) is 75.4 Å². The van der Waals surface area contributed by atoms with Crippen molar-refractivity contribution in [3.8, 4) is 0 Å². The molecular weight excluding hydrogens is 370 g/mol. The molecule has 1 saturated heterocycles. The molecule has 0 aliphatic carbocycles. The van der Waals surface area contributed by atoms with Gasteiger partial charge in [0.1, 0.15) is 5.00 Å². The molecule has 28 heavy (non-hydrogen) atoms. The molecule has 5 nitrogen and oxygen atoms in total. The van der Waals surface area contributed by atoms with Crippen molar-refractivity contribution in [3.63, 3.8) is 0 Å². The number of aryl methyl sites for hydroxylation is 2. The first-order valence-corrected chi connectivity index (χ1v) is 10.8. The van der Waals surface area contributed by atoms with E-state index in [0.29, 0.717) is 17.0 Å². The lowest BCUT2D eigenvalue weighted by Gasteiger charge is -2.31. The van der Waals surface area contributed by atoms with Gasteiger partial charge < -0.3 is 16.0 Å². The Morgan fingerprint density at radius 3 is 2.57 bits per heavy atom. The van der Waals surface area contributed by atoms with Crippen LogP contribution in [0.5, 0.6) is 0 Å². The van der Waals surface area contributed by atoms with Crippen molar-refractivity contribution in [2.45, 2.75) is 39.0 Å². The molecule has 0 unspecified atom stereocenters. The lowest BCUT2D eigenvalue weighted by molar-refractivity contribution is -0.116. The van der Waals surface area contributed by atoms with E-state index in [4.69, 9.17) is 5.73 Å². The Balaban J connectivity index is 1.35. The number of amides is 2. The van der Waals surface area contributed by atoms with Crippen LogP contribution in [0.3, 0.4) is 0 Å². The van der Waals surface area contributed by atoms with Crippen molar-refractivity contribution in [1.82, 2.24) is 4.90 Å². The number of rotatable bonds is 8. The molecule has 1 aliphatic heterocycles. The van der Waals surface area contributed by atoms with Gasteiger partial charge in [0, 0.05) is 13.0 Å². The number of nitrogens with zero attached hydrogens (tertiary/aromatic N) is 1. The van der Waals surface area contributed by atoms with E-state index < -0.39 is 5.91 Å². The Bertz CT molecular complexity index is 792. The van der Waals surface area contributed by atoms with Gasteiger partial charge in [0.2, 0.25) is 5.91 Å². The van der Waals surface area contributed by atoms with E-state index in [2.05, 4.69) is 41.4 Å². The number of nitrogens with one attached hydrogen (secondary N) is 1. The maximum absolute atomic E-state index is 12.2. The highest BCUT2D eigenvalue weighted by atomic mass is 32.1. The summed E-state index contributed by atoms with van der Waals surface area (Å²) in [6.07, 6.45) is 5.22. The van der Waals surface area contributed by atoms with Gasteiger partial charge in [-0.05, 0) is 68.6 Å². The number of piperidine rings is 1. The molecule has 150 valence electrons. The second-order valence-corrected chi connectivity index (χ2v) is 8.55. The molecule has 1 fully saturated rings. The molecule has 0 radical (unpaired) electrons. The van der Waals surface area contributed by atoms with Crippen LogP contribution >= 0.6 is 11.3 Å². The molecule has 1 aromatic heterocycles. The number of primary amides is 1. The normalized spacial score (nSPS) is 15.5. The summed E-state index contributed by atoms with van der Waals surface area (Å²) in [7, 11) is 0. The highest BCUT2D eigenvalue weighted by molar-refractivity contribution is 7.14. The minimum Gasteiger partial charge on any atom is -0.366 e. The molecule has 1 aromatic carbocycles. The van der Waals surface area contributed by atoms with Crippen molar-refractivity contribution in [3.05, 3.63) is 52.4 Å².